The minimum atomic E-state index is -3.38. The number of sulfonamides is 1. The number of aliphatic hydroxyl groups is 2. The van der Waals surface area contributed by atoms with E-state index in [1.54, 1.807) is 24.3 Å². The molecule has 3 N–H and O–H groups in total. The standard InChI is InChI=1S/C22H28Cl3NO6S/c1-22(2,15-8-19(24)21(20(25)9-15)32-12-16(27)10-23)14-4-6-18(7-5-14)31-13-17(28)11-26-33(3,29)30/h4-9,16-17,26-28H,10-13H2,1-3H3/t16-,17-/m1/s1. The number of hydrogen-bond donors (Lipinski definition) is 3. The third kappa shape index (κ3) is 8.47. The zero-order valence-corrected chi connectivity index (χ0v) is 21.6. The van der Waals surface area contributed by atoms with Gasteiger partial charge in [-0.15, -0.1) is 11.6 Å². The van der Waals surface area contributed by atoms with E-state index in [4.69, 9.17) is 44.3 Å². The molecule has 0 amide bonds. The van der Waals surface area contributed by atoms with Crippen LogP contribution in [0.2, 0.25) is 10.0 Å². The molecule has 0 heterocycles. The van der Waals surface area contributed by atoms with Crippen LogP contribution in [0.25, 0.3) is 0 Å². The number of hydrogen-bond acceptors (Lipinski definition) is 6. The molecule has 184 valence electrons. The third-order valence-corrected chi connectivity index (χ3v) is 6.53. The second-order valence-electron chi connectivity index (χ2n) is 8.12. The fraction of sp³-hybridized carbons (Fsp3) is 0.455. The number of alkyl halides is 1. The number of ether oxygens (including phenoxy) is 2. The van der Waals surface area contributed by atoms with Crippen molar-refractivity contribution in [2.45, 2.75) is 31.5 Å². The van der Waals surface area contributed by atoms with E-state index < -0.39 is 27.6 Å². The summed E-state index contributed by atoms with van der Waals surface area (Å²) in [6, 6.07) is 10.8. The first-order valence-electron chi connectivity index (χ1n) is 10.1. The van der Waals surface area contributed by atoms with Gasteiger partial charge in [-0.25, -0.2) is 13.1 Å². The van der Waals surface area contributed by atoms with E-state index in [0.29, 0.717) is 15.8 Å². The second-order valence-corrected chi connectivity index (χ2v) is 11.1. The van der Waals surface area contributed by atoms with Crippen molar-refractivity contribution in [1.29, 1.82) is 0 Å². The second kappa shape index (κ2) is 11.9. The first-order chi connectivity index (χ1) is 15.3. The number of benzene rings is 2. The molecular formula is C22H28Cl3NO6S. The Bertz CT molecular complexity index is 1010. The Labute approximate surface area is 209 Å². The Kier molecular flexibility index (Phi) is 10.1. The average Bonchev–Trinajstić information content (AvgIpc) is 2.75. The molecule has 0 aromatic heterocycles. The van der Waals surface area contributed by atoms with Crippen LogP contribution in [0.3, 0.4) is 0 Å². The Hall–Kier alpha value is -1.26. The Morgan fingerprint density at radius 1 is 0.970 bits per heavy atom. The van der Waals surface area contributed by atoms with Crippen LogP contribution in [0, 0.1) is 0 Å². The van der Waals surface area contributed by atoms with Crippen LogP contribution >= 0.6 is 34.8 Å². The summed E-state index contributed by atoms with van der Waals surface area (Å²) in [7, 11) is -3.38. The van der Waals surface area contributed by atoms with Crippen LogP contribution in [0.1, 0.15) is 25.0 Å². The lowest BCUT2D eigenvalue weighted by molar-refractivity contribution is 0.111. The van der Waals surface area contributed by atoms with Crippen LogP contribution in [0.4, 0.5) is 0 Å². The Balaban J connectivity index is 2.09. The largest absolute Gasteiger partial charge is 0.491 e. The summed E-state index contributed by atoms with van der Waals surface area (Å²) in [5.74, 6) is 0.858. The molecule has 0 saturated carbocycles. The summed E-state index contributed by atoms with van der Waals surface area (Å²) in [6.45, 7) is 3.82. The lowest BCUT2D eigenvalue weighted by atomic mass is 9.78. The van der Waals surface area contributed by atoms with Gasteiger partial charge in [0.1, 0.15) is 31.2 Å². The van der Waals surface area contributed by atoms with Gasteiger partial charge in [-0.3, -0.25) is 0 Å². The van der Waals surface area contributed by atoms with Crippen LogP contribution in [0.5, 0.6) is 11.5 Å². The van der Waals surface area contributed by atoms with Gasteiger partial charge in [-0.1, -0.05) is 49.2 Å². The topological polar surface area (TPSA) is 105 Å². The molecule has 2 aromatic carbocycles. The van der Waals surface area contributed by atoms with E-state index in [-0.39, 0.29) is 31.4 Å². The molecule has 0 saturated heterocycles. The number of nitrogens with one attached hydrogen (secondary N) is 1. The molecule has 33 heavy (non-hydrogen) atoms. The molecule has 0 fully saturated rings. The molecular weight excluding hydrogens is 513 g/mol. The monoisotopic (exact) mass is 539 g/mol. The molecule has 11 heteroatoms. The molecule has 2 atom stereocenters. The molecule has 2 aromatic rings. The van der Waals surface area contributed by atoms with E-state index in [1.165, 1.54) is 0 Å². The summed E-state index contributed by atoms with van der Waals surface area (Å²) in [5, 5.41) is 20.1. The van der Waals surface area contributed by atoms with Gasteiger partial charge in [0.2, 0.25) is 10.0 Å². The lowest BCUT2D eigenvalue weighted by Crippen LogP contribution is -2.34. The van der Waals surface area contributed by atoms with Crippen molar-refractivity contribution >= 4 is 44.8 Å². The maximum Gasteiger partial charge on any atom is 0.208 e. The highest BCUT2D eigenvalue weighted by Crippen LogP contribution is 2.40. The van der Waals surface area contributed by atoms with E-state index >= 15 is 0 Å². The van der Waals surface area contributed by atoms with Gasteiger partial charge in [0.25, 0.3) is 0 Å². The van der Waals surface area contributed by atoms with Gasteiger partial charge in [0, 0.05) is 12.0 Å². The molecule has 0 aliphatic carbocycles. The highest BCUT2D eigenvalue weighted by Gasteiger charge is 2.26. The summed E-state index contributed by atoms with van der Waals surface area (Å²) in [5.41, 5.74) is 1.37. The van der Waals surface area contributed by atoms with Crippen molar-refractivity contribution in [3.8, 4) is 11.5 Å². The van der Waals surface area contributed by atoms with Crippen molar-refractivity contribution in [3.63, 3.8) is 0 Å². The summed E-state index contributed by atoms with van der Waals surface area (Å²) in [4.78, 5) is 0. The molecule has 0 unspecified atom stereocenters. The lowest BCUT2D eigenvalue weighted by Gasteiger charge is -2.27. The summed E-state index contributed by atoms with van der Waals surface area (Å²) >= 11 is 18.4. The maximum absolute atomic E-state index is 11.1. The predicted octanol–water partition coefficient (Wildman–Crippen LogP) is 3.59. The van der Waals surface area contributed by atoms with Gasteiger partial charge in [-0.2, -0.15) is 0 Å². The first kappa shape index (κ1) is 28.0. The Morgan fingerprint density at radius 3 is 2.03 bits per heavy atom. The minimum Gasteiger partial charge on any atom is -0.491 e. The maximum atomic E-state index is 11.1. The highest BCUT2D eigenvalue weighted by molar-refractivity contribution is 7.88. The third-order valence-electron chi connectivity index (χ3n) is 4.92. The van der Waals surface area contributed by atoms with Crippen molar-refractivity contribution in [1.82, 2.24) is 4.72 Å². The molecule has 7 nitrogen and oxygen atoms in total. The Morgan fingerprint density at radius 2 is 1.52 bits per heavy atom. The predicted molar refractivity (Wildman–Crippen MR) is 132 cm³/mol. The van der Waals surface area contributed by atoms with Crippen molar-refractivity contribution < 1.29 is 28.1 Å². The molecule has 0 radical (unpaired) electrons. The quantitative estimate of drug-likeness (QED) is 0.356. The SMILES string of the molecule is CC(C)(c1ccc(OC[C@H](O)CNS(C)(=O)=O)cc1)c1cc(Cl)c(OC[C@H](O)CCl)c(Cl)c1. The van der Waals surface area contributed by atoms with Gasteiger partial charge < -0.3 is 19.7 Å². The van der Waals surface area contributed by atoms with Gasteiger partial charge in [0.05, 0.1) is 22.2 Å². The van der Waals surface area contributed by atoms with Gasteiger partial charge in [0.15, 0.2) is 5.75 Å². The van der Waals surface area contributed by atoms with Crippen LogP contribution in [0.15, 0.2) is 36.4 Å². The molecule has 2 rings (SSSR count). The fourth-order valence-corrected chi connectivity index (χ4v) is 4.10. The van der Waals surface area contributed by atoms with Crippen molar-refractivity contribution in [2.75, 3.05) is 31.9 Å². The zero-order valence-electron chi connectivity index (χ0n) is 18.5. The van der Waals surface area contributed by atoms with E-state index in [9.17, 15) is 18.6 Å². The molecule has 0 aliphatic rings. The number of halogens is 3. The van der Waals surface area contributed by atoms with Crippen LogP contribution in [-0.4, -0.2) is 62.7 Å². The van der Waals surface area contributed by atoms with E-state index in [2.05, 4.69) is 4.72 Å². The zero-order chi connectivity index (χ0) is 24.8. The minimum absolute atomic E-state index is 0.0217. The smallest absolute Gasteiger partial charge is 0.208 e. The number of rotatable bonds is 12. The highest BCUT2D eigenvalue weighted by atomic mass is 35.5. The summed E-state index contributed by atoms with van der Waals surface area (Å²) < 4.78 is 35.5. The van der Waals surface area contributed by atoms with Crippen molar-refractivity contribution in [3.05, 3.63) is 57.6 Å². The molecule has 0 aliphatic heterocycles. The van der Waals surface area contributed by atoms with Gasteiger partial charge >= 0.3 is 0 Å². The molecule has 0 bridgehead atoms. The normalized spacial score (nSPS) is 14.1. The summed E-state index contributed by atoms with van der Waals surface area (Å²) in [6.07, 6.45) is -0.785. The van der Waals surface area contributed by atoms with Crippen molar-refractivity contribution in [2.24, 2.45) is 0 Å². The van der Waals surface area contributed by atoms with Gasteiger partial charge in [-0.05, 0) is 35.4 Å². The van der Waals surface area contributed by atoms with E-state index in [0.717, 1.165) is 17.4 Å². The number of aliphatic hydroxyl groups excluding tert-OH is 2. The van der Waals surface area contributed by atoms with Crippen LogP contribution in [-0.2, 0) is 15.4 Å². The van der Waals surface area contributed by atoms with Crippen LogP contribution < -0.4 is 14.2 Å². The fourth-order valence-electron chi connectivity index (χ4n) is 2.92. The first-order valence-corrected chi connectivity index (χ1v) is 13.2. The average molecular weight is 541 g/mol. The van der Waals surface area contributed by atoms with E-state index in [1.807, 2.05) is 26.0 Å². The molecule has 0 spiro atoms.